The van der Waals surface area contributed by atoms with Crippen molar-refractivity contribution in [1.29, 1.82) is 0 Å². The monoisotopic (exact) mass is 502 g/mol. The van der Waals surface area contributed by atoms with E-state index < -0.39 is 23.8 Å². The molecule has 4 rings (SSSR count). The SMILES string of the molecule is CC(=O)CCC(=O)NC(Cc1cc(F)cc(F)c1)C(O)CNC1(C2CCCC(n3cccn3)C2)CC1. The van der Waals surface area contributed by atoms with Crippen molar-refractivity contribution in [3.8, 4) is 0 Å². The van der Waals surface area contributed by atoms with E-state index in [2.05, 4.69) is 15.7 Å². The minimum absolute atomic E-state index is 0.00429. The molecule has 0 bridgehead atoms. The van der Waals surface area contributed by atoms with Gasteiger partial charge in [0.1, 0.15) is 17.4 Å². The van der Waals surface area contributed by atoms with E-state index in [1.165, 1.54) is 19.1 Å². The van der Waals surface area contributed by atoms with Crippen LogP contribution in [-0.2, 0) is 16.0 Å². The number of aliphatic hydroxyl groups excluding tert-OH is 1. The fourth-order valence-corrected chi connectivity index (χ4v) is 5.55. The van der Waals surface area contributed by atoms with Gasteiger partial charge in [0.2, 0.25) is 5.91 Å². The van der Waals surface area contributed by atoms with Crippen molar-refractivity contribution in [3.63, 3.8) is 0 Å². The topological polar surface area (TPSA) is 96.3 Å². The predicted molar refractivity (Wildman–Crippen MR) is 131 cm³/mol. The number of rotatable bonds is 12. The Kier molecular flexibility index (Phi) is 8.51. The number of carbonyl (C=O) groups excluding carboxylic acids is 2. The maximum Gasteiger partial charge on any atom is 0.220 e. The van der Waals surface area contributed by atoms with Crippen LogP contribution in [0.2, 0.25) is 0 Å². The first kappa shape index (κ1) is 26.4. The molecule has 0 radical (unpaired) electrons. The highest BCUT2D eigenvalue weighted by Crippen LogP contribution is 2.50. The summed E-state index contributed by atoms with van der Waals surface area (Å²) in [6.07, 6.45) is 9.46. The lowest BCUT2D eigenvalue weighted by Crippen LogP contribution is -2.52. The number of amides is 1. The molecule has 2 aliphatic rings. The van der Waals surface area contributed by atoms with E-state index in [1.54, 1.807) is 6.20 Å². The number of carbonyl (C=O) groups is 2. The number of Topliss-reactive ketones (excluding diaryl/α,β-unsaturated/α-hetero) is 1. The van der Waals surface area contributed by atoms with Crippen LogP contribution in [0.15, 0.2) is 36.7 Å². The molecule has 2 saturated carbocycles. The largest absolute Gasteiger partial charge is 0.390 e. The molecule has 0 spiro atoms. The molecular weight excluding hydrogens is 466 g/mol. The molecule has 9 heteroatoms. The molecule has 0 saturated heterocycles. The van der Waals surface area contributed by atoms with Gasteiger partial charge < -0.3 is 20.5 Å². The molecule has 36 heavy (non-hydrogen) atoms. The van der Waals surface area contributed by atoms with E-state index in [0.717, 1.165) is 44.6 Å². The first-order chi connectivity index (χ1) is 17.2. The van der Waals surface area contributed by atoms with Gasteiger partial charge in [0.05, 0.1) is 18.2 Å². The van der Waals surface area contributed by atoms with Crippen molar-refractivity contribution in [2.24, 2.45) is 5.92 Å². The van der Waals surface area contributed by atoms with Gasteiger partial charge in [-0.25, -0.2) is 8.78 Å². The summed E-state index contributed by atoms with van der Waals surface area (Å²) in [5.41, 5.74) is 0.305. The Morgan fingerprint density at radius 3 is 2.58 bits per heavy atom. The second-order valence-electron chi connectivity index (χ2n) is 10.5. The van der Waals surface area contributed by atoms with E-state index in [9.17, 15) is 23.5 Å². The molecule has 1 heterocycles. The molecule has 1 aromatic heterocycles. The zero-order valence-corrected chi connectivity index (χ0v) is 20.8. The minimum atomic E-state index is -0.972. The van der Waals surface area contributed by atoms with Crippen LogP contribution in [0.4, 0.5) is 8.78 Å². The average molecular weight is 503 g/mol. The molecule has 4 atom stereocenters. The number of β-amino-alcohol motifs (C(OH)–C–C–N with tert-alkyl or cyclic N) is 1. The summed E-state index contributed by atoms with van der Waals surface area (Å²) in [6, 6.07) is 4.77. The number of halogens is 2. The van der Waals surface area contributed by atoms with Gasteiger partial charge in [-0.1, -0.05) is 6.42 Å². The summed E-state index contributed by atoms with van der Waals surface area (Å²) in [6.45, 7) is 1.66. The fourth-order valence-electron chi connectivity index (χ4n) is 5.55. The number of aliphatic hydroxyl groups is 1. The van der Waals surface area contributed by atoms with Crippen LogP contribution >= 0.6 is 0 Å². The van der Waals surface area contributed by atoms with Gasteiger partial charge in [-0.05, 0) is 75.1 Å². The van der Waals surface area contributed by atoms with Crippen molar-refractivity contribution in [1.82, 2.24) is 20.4 Å². The van der Waals surface area contributed by atoms with E-state index in [1.807, 2.05) is 16.9 Å². The molecule has 7 nitrogen and oxygen atoms in total. The predicted octanol–water partition coefficient (Wildman–Crippen LogP) is 3.47. The number of benzene rings is 1. The summed E-state index contributed by atoms with van der Waals surface area (Å²) >= 11 is 0. The Bertz CT molecular complexity index is 1020. The summed E-state index contributed by atoms with van der Waals surface area (Å²) in [5, 5.41) is 21.9. The van der Waals surface area contributed by atoms with Crippen molar-refractivity contribution in [2.45, 2.75) is 88.4 Å². The van der Waals surface area contributed by atoms with Crippen LogP contribution < -0.4 is 10.6 Å². The smallest absolute Gasteiger partial charge is 0.220 e. The Morgan fingerprint density at radius 1 is 1.19 bits per heavy atom. The van der Waals surface area contributed by atoms with Gasteiger partial charge in [-0.15, -0.1) is 0 Å². The standard InChI is InChI=1S/C27H36F2N4O3/c1-18(34)6-7-26(36)32-24(14-19-12-21(28)16-22(29)13-19)25(35)17-30-27(8-9-27)20-4-2-5-23(15-20)33-11-3-10-31-33/h3,10-13,16,20,23-25,30,35H,2,4-9,14-15,17H2,1H3,(H,32,36). The van der Waals surface area contributed by atoms with Crippen molar-refractivity contribution >= 4 is 11.7 Å². The van der Waals surface area contributed by atoms with Crippen LogP contribution in [0.1, 0.15) is 69.9 Å². The summed E-state index contributed by atoms with van der Waals surface area (Å²) in [5.74, 6) is -1.43. The molecule has 4 unspecified atom stereocenters. The molecule has 2 aromatic rings. The highest BCUT2D eigenvalue weighted by atomic mass is 19.1. The molecule has 0 aliphatic heterocycles. The van der Waals surface area contributed by atoms with E-state index >= 15 is 0 Å². The maximum atomic E-state index is 13.8. The van der Waals surface area contributed by atoms with Crippen LogP contribution in [0, 0.1) is 17.6 Å². The van der Waals surface area contributed by atoms with Crippen LogP contribution in [0.3, 0.4) is 0 Å². The first-order valence-corrected chi connectivity index (χ1v) is 12.9. The van der Waals surface area contributed by atoms with Crippen molar-refractivity contribution in [2.75, 3.05) is 6.54 Å². The number of nitrogens with zero attached hydrogens (tertiary/aromatic N) is 2. The summed E-state index contributed by atoms with van der Waals surface area (Å²) in [4.78, 5) is 23.7. The number of ketones is 1. The fraction of sp³-hybridized carbons (Fsp3) is 0.593. The highest BCUT2D eigenvalue weighted by Gasteiger charge is 2.50. The number of nitrogens with one attached hydrogen (secondary N) is 2. The highest BCUT2D eigenvalue weighted by molar-refractivity contribution is 5.83. The van der Waals surface area contributed by atoms with Crippen molar-refractivity contribution in [3.05, 3.63) is 53.9 Å². The third-order valence-electron chi connectivity index (χ3n) is 7.67. The molecule has 196 valence electrons. The minimum Gasteiger partial charge on any atom is -0.390 e. The van der Waals surface area contributed by atoms with Gasteiger partial charge in [0.25, 0.3) is 0 Å². The lowest BCUT2D eigenvalue weighted by molar-refractivity contribution is -0.125. The third kappa shape index (κ3) is 6.97. The van der Waals surface area contributed by atoms with E-state index in [4.69, 9.17) is 0 Å². The average Bonchev–Trinajstić information content (AvgIpc) is 3.43. The van der Waals surface area contributed by atoms with Crippen LogP contribution in [0.5, 0.6) is 0 Å². The summed E-state index contributed by atoms with van der Waals surface area (Å²) < 4.78 is 29.6. The normalized spacial score (nSPS) is 22.6. The van der Waals surface area contributed by atoms with E-state index in [0.29, 0.717) is 17.5 Å². The number of aromatic nitrogens is 2. The summed E-state index contributed by atoms with van der Waals surface area (Å²) in [7, 11) is 0. The molecule has 2 aliphatic carbocycles. The Hall–Kier alpha value is -2.65. The van der Waals surface area contributed by atoms with Crippen molar-refractivity contribution < 1.29 is 23.5 Å². The Labute approximate surface area is 210 Å². The van der Waals surface area contributed by atoms with Gasteiger partial charge in [0, 0.05) is 43.4 Å². The lowest BCUT2D eigenvalue weighted by Gasteiger charge is -2.36. The van der Waals surface area contributed by atoms with Gasteiger partial charge in [-0.3, -0.25) is 9.48 Å². The van der Waals surface area contributed by atoms with Gasteiger partial charge in [0.15, 0.2) is 0 Å². The number of hydrogen-bond acceptors (Lipinski definition) is 5. The zero-order chi connectivity index (χ0) is 25.7. The molecule has 1 aromatic carbocycles. The van der Waals surface area contributed by atoms with Crippen LogP contribution in [0.25, 0.3) is 0 Å². The zero-order valence-electron chi connectivity index (χ0n) is 20.8. The molecular formula is C27H36F2N4O3. The quantitative estimate of drug-likeness (QED) is 0.413. The van der Waals surface area contributed by atoms with Gasteiger partial charge >= 0.3 is 0 Å². The third-order valence-corrected chi connectivity index (χ3v) is 7.67. The molecule has 2 fully saturated rings. The first-order valence-electron chi connectivity index (χ1n) is 12.9. The second-order valence-corrected chi connectivity index (χ2v) is 10.5. The molecule has 3 N–H and O–H groups in total. The second kappa shape index (κ2) is 11.6. The van der Waals surface area contributed by atoms with E-state index in [-0.39, 0.29) is 43.0 Å². The molecule has 1 amide bonds. The Morgan fingerprint density at radius 2 is 1.94 bits per heavy atom. The van der Waals surface area contributed by atoms with Crippen LogP contribution in [-0.4, -0.2) is 50.8 Å². The lowest BCUT2D eigenvalue weighted by atomic mass is 9.79. The van der Waals surface area contributed by atoms with Gasteiger partial charge in [-0.2, -0.15) is 5.10 Å². The maximum absolute atomic E-state index is 13.8. The number of hydrogen-bond donors (Lipinski definition) is 3. The Balaban J connectivity index is 1.39.